The minimum atomic E-state index is 0.0965. The van der Waals surface area contributed by atoms with Crippen molar-refractivity contribution in [2.75, 3.05) is 6.61 Å². The molecule has 0 amide bonds. The van der Waals surface area contributed by atoms with Gasteiger partial charge in [-0.2, -0.15) is 9.97 Å². The molecule has 7 nitrogen and oxygen atoms in total. The number of nitrogens with zero attached hydrogens (tertiary/aromatic N) is 4. The number of aromatic nitrogens is 4. The predicted octanol–water partition coefficient (Wildman–Crippen LogP) is 4.57. The Morgan fingerprint density at radius 3 is 2.74 bits per heavy atom. The Bertz CT molecular complexity index is 1060. The summed E-state index contributed by atoms with van der Waals surface area (Å²) in [6.07, 6.45) is 2.47. The van der Waals surface area contributed by atoms with Crippen molar-refractivity contribution in [1.82, 2.24) is 19.9 Å². The monoisotopic (exact) mass is 362 g/mol. The summed E-state index contributed by atoms with van der Waals surface area (Å²) < 4.78 is 17.3. The van der Waals surface area contributed by atoms with E-state index in [1.165, 1.54) is 0 Å². The van der Waals surface area contributed by atoms with Gasteiger partial charge in [-0.15, -0.1) is 0 Å². The van der Waals surface area contributed by atoms with Gasteiger partial charge in [-0.25, -0.2) is 9.97 Å². The average Bonchev–Trinajstić information content (AvgIpc) is 3.11. The topological polar surface area (TPSA) is 83.2 Å². The van der Waals surface area contributed by atoms with Crippen molar-refractivity contribution in [3.05, 3.63) is 54.2 Å². The lowest BCUT2D eigenvalue weighted by Gasteiger charge is -2.06. The van der Waals surface area contributed by atoms with Gasteiger partial charge in [-0.3, -0.25) is 0 Å². The number of fused-ring (bicyclic) bond motifs is 1. The van der Waals surface area contributed by atoms with Crippen LogP contribution < -0.4 is 9.47 Å². The quantitative estimate of drug-likeness (QED) is 0.497. The molecule has 4 rings (SSSR count). The van der Waals surface area contributed by atoms with Gasteiger partial charge in [0, 0.05) is 17.8 Å². The SMILES string of the molecule is CCCOc1nc(Oc2ccccn2)nc2oc(-c3cccc(C)c3)nc12. The number of hydrogen-bond acceptors (Lipinski definition) is 7. The first-order valence-electron chi connectivity index (χ1n) is 8.70. The normalized spacial score (nSPS) is 10.9. The van der Waals surface area contributed by atoms with Gasteiger partial charge in [0.15, 0.2) is 5.52 Å². The van der Waals surface area contributed by atoms with Crippen LogP contribution in [0.15, 0.2) is 53.1 Å². The molecule has 0 saturated carbocycles. The highest BCUT2D eigenvalue weighted by atomic mass is 16.5. The van der Waals surface area contributed by atoms with Crippen LogP contribution in [0.2, 0.25) is 0 Å². The molecule has 0 saturated heterocycles. The Morgan fingerprint density at radius 1 is 1.04 bits per heavy atom. The predicted molar refractivity (Wildman–Crippen MR) is 99.9 cm³/mol. The van der Waals surface area contributed by atoms with Crippen molar-refractivity contribution in [1.29, 1.82) is 0 Å². The zero-order valence-electron chi connectivity index (χ0n) is 15.0. The summed E-state index contributed by atoms with van der Waals surface area (Å²) in [5.74, 6) is 1.17. The minimum Gasteiger partial charge on any atom is -0.476 e. The van der Waals surface area contributed by atoms with E-state index in [9.17, 15) is 0 Å². The van der Waals surface area contributed by atoms with E-state index in [2.05, 4.69) is 19.9 Å². The molecule has 3 heterocycles. The number of oxazole rings is 1. The third-order valence-corrected chi connectivity index (χ3v) is 3.75. The molecule has 0 bridgehead atoms. The van der Waals surface area contributed by atoms with Gasteiger partial charge in [-0.05, 0) is 31.5 Å². The second-order valence-electron chi connectivity index (χ2n) is 5.97. The lowest BCUT2D eigenvalue weighted by Crippen LogP contribution is -2.01. The van der Waals surface area contributed by atoms with Crippen molar-refractivity contribution in [2.45, 2.75) is 20.3 Å². The lowest BCUT2D eigenvalue weighted by molar-refractivity contribution is 0.301. The van der Waals surface area contributed by atoms with Crippen LogP contribution in [-0.2, 0) is 0 Å². The third kappa shape index (κ3) is 3.72. The molecule has 0 radical (unpaired) electrons. The molecule has 0 N–H and O–H groups in total. The molecule has 0 unspecified atom stereocenters. The van der Waals surface area contributed by atoms with Crippen molar-refractivity contribution < 1.29 is 13.9 Å². The smallest absolute Gasteiger partial charge is 0.330 e. The van der Waals surface area contributed by atoms with E-state index in [1.807, 2.05) is 44.2 Å². The third-order valence-electron chi connectivity index (χ3n) is 3.75. The summed E-state index contributed by atoms with van der Waals surface area (Å²) in [5.41, 5.74) is 2.75. The molecule has 7 heteroatoms. The van der Waals surface area contributed by atoms with Crippen LogP contribution in [0.4, 0.5) is 0 Å². The summed E-state index contributed by atoms with van der Waals surface area (Å²) in [5, 5.41) is 0. The van der Waals surface area contributed by atoms with Crippen LogP contribution in [0, 0.1) is 6.92 Å². The maximum atomic E-state index is 5.87. The van der Waals surface area contributed by atoms with Crippen LogP contribution in [0.25, 0.3) is 22.7 Å². The first kappa shape index (κ1) is 17.0. The molecule has 0 spiro atoms. The molecule has 0 fully saturated rings. The summed E-state index contributed by atoms with van der Waals surface area (Å²) in [6.45, 7) is 4.53. The van der Waals surface area contributed by atoms with Gasteiger partial charge in [0.2, 0.25) is 11.8 Å². The van der Waals surface area contributed by atoms with Gasteiger partial charge in [0.1, 0.15) is 0 Å². The molecule has 1 aromatic carbocycles. The Morgan fingerprint density at radius 2 is 1.96 bits per heavy atom. The molecular weight excluding hydrogens is 344 g/mol. The molecule has 27 heavy (non-hydrogen) atoms. The van der Waals surface area contributed by atoms with Crippen LogP contribution in [-0.4, -0.2) is 26.5 Å². The maximum Gasteiger partial charge on any atom is 0.330 e. The van der Waals surface area contributed by atoms with Gasteiger partial charge in [-0.1, -0.05) is 30.7 Å². The Labute approximate surface area is 156 Å². The van der Waals surface area contributed by atoms with E-state index in [-0.39, 0.29) is 6.01 Å². The molecule has 0 atom stereocenters. The minimum absolute atomic E-state index is 0.0965. The van der Waals surface area contributed by atoms with Crippen molar-refractivity contribution in [3.8, 4) is 29.2 Å². The summed E-state index contributed by atoms with van der Waals surface area (Å²) in [6, 6.07) is 13.3. The highest BCUT2D eigenvalue weighted by molar-refractivity contribution is 5.78. The number of aryl methyl sites for hydroxylation is 1. The van der Waals surface area contributed by atoms with Crippen molar-refractivity contribution in [3.63, 3.8) is 0 Å². The number of ether oxygens (including phenoxy) is 2. The number of pyridine rings is 1. The zero-order chi connectivity index (χ0) is 18.6. The van der Waals surface area contributed by atoms with E-state index in [4.69, 9.17) is 13.9 Å². The fourth-order valence-electron chi connectivity index (χ4n) is 2.53. The van der Waals surface area contributed by atoms with Crippen LogP contribution in [0.3, 0.4) is 0 Å². The standard InChI is InChI=1S/C20H18N4O3/c1-3-11-25-18-16-19(24-20(23-18)26-15-9-4-5-10-21-15)27-17(22-16)14-8-6-7-13(2)12-14/h4-10,12H,3,11H2,1-2H3. The number of benzene rings is 1. The zero-order valence-corrected chi connectivity index (χ0v) is 15.0. The summed E-state index contributed by atoms with van der Waals surface area (Å²) >= 11 is 0. The van der Waals surface area contributed by atoms with Gasteiger partial charge in [0.05, 0.1) is 6.61 Å². The molecule has 0 aliphatic rings. The Hall–Kier alpha value is -3.48. The van der Waals surface area contributed by atoms with E-state index in [0.717, 1.165) is 17.5 Å². The highest BCUT2D eigenvalue weighted by Gasteiger charge is 2.18. The van der Waals surface area contributed by atoms with Crippen LogP contribution in [0.1, 0.15) is 18.9 Å². The van der Waals surface area contributed by atoms with Gasteiger partial charge < -0.3 is 13.9 Å². The first-order chi connectivity index (χ1) is 13.2. The highest BCUT2D eigenvalue weighted by Crippen LogP contribution is 2.31. The van der Waals surface area contributed by atoms with Gasteiger partial charge >= 0.3 is 6.01 Å². The van der Waals surface area contributed by atoms with Gasteiger partial charge in [0.25, 0.3) is 11.6 Å². The molecule has 0 aliphatic carbocycles. The van der Waals surface area contributed by atoms with Crippen molar-refractivity contribution >= 4 is 11.2 Å². The van der Waals surface area contributed by atoms with Crippen LogP contribution >= 0.6 is 0 Å². The molecule has 4 aromatic rings. The van der Waals surface area contributed by atoms with E-state index in [0.29, 0.717) is 35.5 Å². The lowest BCUT2D eigenvalue weighted by atomic mass is 10.1. The fourth-order valence-corrected chi connectivity index (χ4v) is 2.53. The largest absolute Gasteiger partial charge is 0.476 e. The second kappa shape index (κ2) is 7.41. The molecule has 3 aromatic heterocycles. The first-order valence-corrected chi connectivity index (χ1v) is 8.70. The molecule has 0 aliphatic heterocycles. The maximum absolute atomic E-state index is 5.87. The summed E-state index contributed by atoms with van der Waals surface area (Å²) in [4.78, 5) is 17.3. The van der Waals surface area contributed by atoms with E-state index < -0.39 is 0 Å². The van der Waals surface area contributed by atoms with E-state index in [1.54, 1.807) is 18.3 Å². The van der Waals surface area contributed by atoms with Crippen LogP contribution in [0.5, 0.6) is 17.8 Å². The van der Waals surface area contributed by atoms with E-state index >= 15 is 0 Å². The van der Waals surface area contributed by atoms with Crippen molar-refractivity contribution in [2.24, 2.45) is 0 Å². The Kier molecular flexibility index (Phi) is 4.65. The molecular formula is C20H18N4O3. The Balaban J connectivity index is 1.77. The summed E-state index contributed by atoms with van der Waals surface area (Å²) in [7, 11) is 0. The number of hydrogen-bond donors (Lipinski definition) is 0. The second-order valence-corrected chi connectivity index (χ2v) is 5.97. The number of rotatable bonds is 6. The average molecular weight is 362 g/mol. The fraction of sp³-hybridized carbons (Fsp3) is 0.200. The molecule has 136 valence electrons.